The van der Waals surface area contributed by atoms with Crippen LogP contribution in [0.2, 0.25) is 0 Å². The van der Waals surface area contributed by atoms with Crippen LogP contribution < -0.4 is 4.74 Å². The molecule has 0 aliphatic carbocycles. The van der Waals surface area contributed by atoms with Crippen LogP contribution in [0.4, 0.5) is 8.78 Å². The van der Waals surface area contributed by atoms with E-state index in [9.17, 15) is 17.2 Å². The molecule has 0 saturated carbocycles. The van der Waals surface area contributed by atoms with Gasteiger partial charge in [0.05, 0.1) is 5.75 Å². The third-order valence-corrected chi connectivity index (χ3v) is 2.62. The molecule has 1 rings (SSSR count). The summed E-state index contributed by atoms with van der Waals surface area (Å²) in [5.74, 6) is -3.01. The Kier molecular flexibility index (Phi) is 3.87. The van der Waals surface area contributed by atoms with Crippen molar-refractivity contribution in [2.24, 2.45) is 0 Å². The lowest BCUT2D eigenvalue weighted by atomic mass is 10.3. The number of halogens is 3. The SMILES string of the molecule is O=S(=O)(Cl)CCOc1cccc(F)c1F. The van der Waals surface area contributed by atoms with E-state index in [1.807, 2.05) is 0 Å². The molecule has 0 aliphatic heterocycles. The van der Waals surface area contributed by atoms with Crippen molar-refractivity contribution in [1.29, 1.82) is 0 Å². The van der Waals surface area contributed by atoms with Crippen LogP contribution in [-0.2, 0) is 9.05 Å². The molecule has 0 atom stereocenters. The third-order valence-electron chi connectivity index (χ3n) is 1.50. The van der Waals surface area contributed by atoms with Crippen LogP contribution in [0.3, 0.4) is 0 Å². The van der Waals surface area contributed by atoms with Gasteiger partial charge in [0.25, 0.3) is 0 Å². The van der Waals surface area contributed by atoms with Crippen molar-refractivity contribution < 1.29 is 21.9 Å². The Morgan fingerprint density at radius 3 is 2.60 bits per heavy atom. The average molecular weight is 257 g/mol. The zero-order chi connectivity index (χ0) is 11.5. The summed E-state index contributed by atoms with van der Waals surface area (Å²) < 4.78 is 51.3. The summed E-state index contributed by atoms with van der Waals surface area (Å²) in [5.41, 5.74) is 0. The van der Waals surface area contributed by atoms with Gasteiger partial charge in [-0.15, -0.1) is 0 Å². The first-order valence-electron chi connectivity index (χ1n) is 3.89. The Hall–Kier alpha value is -0.880. The van der Waals surface area contributed by atoms with Crippen molar-refractivity contribution in [1.82, 2.24) is 0 Å². The summed E-state index contributed by atoms with van der Waals surface area (Å²) in [6.45, 7) is -0.327. The second-order valence-electron chi connectivity index (χ2n) is 2.64. The molecule has 7 heteroatoms. The Morgan fingerprint density at radius 1 is 1.33 bits per heavy atom. The fourth-order valence-electron chi connectivity index (χ4n) is 0.847. The largest absolute Gasteiger partial charge is 0.489 e. The number of hydrogen-bond acceptors (Lipinski definition) is 3. The highest BCUT2D eigenvalue weighted by Crippen LogP contribution is 2.18. The maximum absolute atomic E-state index is 12.9. The fourth-order valence-corrected chi connectivity index (χ4v) is 1.32. The maximum Gasteiger partial charge on any atom is 0.235 e. The van der Waals surface area contributed by atoms with E-state index in [1.54, 1.807) is 0 Å². The van der Waals surface area contributed by atoms with Gasteiger partial charge in [0.1, 0.15) is 6.61 Å². The molecule has 0 heterocycles. The van der Waals surface area contributed by atoms with Crippen LogP contribution in [0.1, 0.15) is 0 Å². The zero-order valence-electron chi connectivity index (χ0n) is 7.41. The molecule has 0 bridgehead atoms. The minimum atomic E-state index is -3.69. The first-order valence-corrected chi connectivity index (χ1v) is 6.37. The molecule has 84 valence electrons. The molecule has 1 aromatic carbocycles. The van der Waals surface area contributed by atoms with Crippen LogP contribution in [0.15, 0.2) is 18.2 Å². The van der Waals surface area contributed by atoms with Crippen molar-refractivity contribution in [2.45, 2.75) is 0 Å². The predicted molar refractivity (Wildman–Crippen MR) is 51.5 cm³/mol. The molecule has 0 spiro atoms. The van der Waals surface area contributed by atoms with E-state index in [2.05, 4.69) is 0 Å². The normalized spacial score (nSPS) is 11.4. The third kappa shape index (κ3) is 4.01. The molecular weight excluding hydrogens is 250 g/mol. The van der Waals surface area contributed by atoms with Crippen molar-refractivity contribution in [2.75, 3.05) is 12.4 Å². The van der Waals surface area contributed by atoms with Crippen LogP contribution in [0.5, 0.6) is 5.75 Å². The number of rotatable bonds is 4. The van der Waals surface area contributed by atoms with Gasteiger partial charge in [-0.3, -0.25) is 0 Å². The Labute approximate surface area is 90.0 Å². The Morgan fingerprint density at radius 2 is 2.00 bits per heavy atom. The van der Waals surface area contributed by atoms with Crippen LogP contribution in [0.25, 0.3) is 0 Å². The Bertz CT molecular complexity index is 447. The molecule has 0 amide bonds. The first kappa shape index (κ1) is 12.2. The average Bonchev–Trinajstić information content (AvgIpc) is 2.10. The summed E-state index contributed by atoms with van der Waals surface area (Å²) in [5, 5.41) is 0. The smallest absolute Gasteiger partial charge is 0.235 e. The van der Waals surface area contributed by atoms with Gasteiger partial charge in [-0.25, -0.2) is 12.8 Å². The molecular formula is C8H7ClF2O3S. The molecule has 15 heavy (non-hydrogen) atoms. The van der Waals surface area contributed by atoms with E-state index in [0.717, 1.165) is 6.07 Å². The lowest BCUT2D eigenvalue weighted by Crippen LogP contribution is -2.09. The van der Waals surface area contributed by atoms with E-state index in [-0.39, 0.29) is 12.4 Å². The van der Waals surface area contributed by atoms with Crippen molar-refractivity contribution in [3.8, 4) is 5.75 Å². The summed E-state index contributed by atoms with van der Waals surface area (Å²) in [6, 6.07) is 3.38. The summed E-state index contributed by atoms with van der Waals surface area (Å²) in [4.78, 5) is 0. The number of benzene rings is 1. The van der Waals surface area contributed by atoms with Gasteiger partial charge in [0.2, 0.25) is 14.9 Å². The first-order chi connectivity index (χ1) is 6.90. The van der Waals surface area contributed by atoms with Crippen molar-refractivity contribution in [3.05, 3.63) is 29.8 Å². The number of hydrogen-bond donors (Lipinski definition) is 0. The zero-order valence-corrected chi connectivity index (χ0v) is 8.99. The lowest BCUT2D eigenvalue weighted by Gasteiger charge is -2.05. The molecule has 0 fully saturated rings. The van der Waals surface area contributed by atoms with Gasteiger partial charge < -0.3 is 4.74 Å². The topological polar surface area (TPSA) is 43.4 Å². The molecule has 0 radical (unpaired) electrons. The minimum Gasteiger partial charge on any atom is -0.489 e. The standard InChI is InChI=1S/C8H7ClF2O3S/c9-15(12,13)5-4-14-7-3-1-2-6(10)8(7)11/h1-3H,4-5H2. The molecule has 0 aromatic heterocycles. The van der Waals surface area contributed by atoms with Gasteiger partial charge in [0, 0.05) is 10.7 Å². The summed E-state index contributed by atoms with van der Waals surface area (Å²) >= 11 is 0. The van der Waals surface area contributed by atoms with Gasteiger partial charge in [-0.05, 0) is 12.1 Å². The monoisotopic (exact) mass is 256 g/mol. The summed E-state index contributed by atoms with van der Waals surface area (Å²) in [6.07, 6.45) is 0. The van der Waals surface area contributed by atoms with E-state index in [1.165, 1.54) is 12.1 Å². The summed E-state index contributed by atoms with van der Waals surface area (Å²) in [7, 11) is 1.21. The van der Waals surface area contributed by atoms with Crippen LogP contribution in [0, 0.1) is 11.6 Å². The van der Waals surface area contributed by atoms with Crippen LogP contribution >= 0.6 is 10.7 Å². The van der Waals surface area contributed by atoms with Crippen molar-refractivity contribution >= 4 is 19.7 Å². The molecule has 3 nitrogen and oxygen atoms in total. The number of ether oxygens (including phenoxy) is 1. The molecule has 0 N–H and O–H groups in total. The molecule has 0 aliphatic rings. The predicted octanol–water partition coefficient (Wildman–Crippen LogP) is 1.91. The van der Waals surface area contributed by atoms with Gasteiger partial charge in [-0.1, -0.05) is 6.07 Å². The highest BCUT2D eigenvalue weighted by Gasteiger charge is 2.10. The molecule has 1 aromatic rings. The maximum atomic E-state index is 12.9. The van der Waals surface area contributed by atoms with Gasteiger partial charge in [-0.2, -0.15) is 4.39 Å². The molecule has 0 unspecified atom stereocenters. The van der Waals surface area contributed by atoms with Crippen LogP contribution in [-0.4, -0.2) is 20.8 Å². The Balaban J connectivity index is 2.62. The second-order valence-corrected chi connectivity index (χ2v) is 5.54. The second kappa shape index (κ2) is 4.76. The lowest BCUT2D eigenvalue weighted by molar-refractivity contribution is 0.315. The fraction of sp³-hybridized carbons (Fsp3) is 0.250. The van der Waals surface area contributed by atoms with E-state index in [4.69, 9.17) is 15.4 Å². The van der Waals surface area contributed by atoms with Gasteiger partial charge >= 0.3 is 0 Å². The molecule has 0 saturated heterocycles. The van der Waals surface area contributed by atoms with Crippen molar-refractivity contribution in [3.63, 3.8) is 0 Å². The van der Waals surface area contributed by atoms with E-state index >= 15 is 0 Å². The van der Waals surface area contributed by atoms with E-state index < -0.39 is 26.4 Å². The van der Waals surface area contributed by atoms with E-state index in [0.29, 0.717) is 0 Å². The quantitative estimate of drug-likeness (QED) is 0.773. The highest BCUT2D eigenvalue weighted by molar-refractivity contribution is 8.13. The van der Waals surface area contributed by atoms with Gasteiger partial charge in [0.15, 0.2) is 11.6 Å². The highest BCUT2D eigenvalue weighted by atomic mass is 35.7. The minimum absolute atomic E-state index is 0.327.